The van der Waals surface area contributed by atoms with E-state index >= 15 is 0 Å². The Morgan fingerprint density at radius 2 is 0.452 bits per heavy atom. The SMILES string of the molecule is CC(C)(C)c1cnc(-c2ccc(-c3c4nc(c(-c5ccc(-c6cnc(C(C)(C)C)nc6)cc5)c5[nH]c(c(-c6ccc(-c7cnc(C(C)(C)C)nc7)cc6)c6nc(c(-c7ccc(-c8ncc(C(C)(C)C)cn8)cc7)c7[nH]c3c3ccccc73)-c3ccccc3-6)c3ccccc53)-c3ccccc3-4)cc2)nc1. The molecule has 2 aliphatic heterocycles. The standard InChI is InChI=1S/C92H78N12/c1-89(2,3)63-49-93-85(94-50-63)59-41-37-57(38-42-59)75-81-69-25-17-15-23-67(69)79(102-81)73(55-33-29-53(30-34-55)61-45-97-87(98-46-61)91(7,8)9)77-65-21-13-14-22-66(65)78(101-77)74(56-35-31-54(32-36-56)62-47-99-88(100-48-62)92(10,11)12)80-68-24-16-18-26-70(68)82(103-80)76(84-72-28-20-19-27-71(72)83(75)104-84)58-39-43-60(44-40-58)86-95-51-64(52-96-86)90(4,5)6/h13-52,101,104H,1-12H3. The van der Waals surface area contributed by atoms with Crippen molar-refractivity contribution in [3.8, 4) is 135 Å². The van der Waals surface area contributed by atoms with Crippen LogP contribution in [0, 0.1) is 0 Å². The second kappa shape index (κ2) is 24.8. The second-order valence-electron chi connectivity index (χ2n) is 31.5. The van der Waals surface area contributed by atoms with Gasteiger partial charge in [-0.3, -0.25) is 0 Å². The summed E-state index contributed by atoms with van der Waals surface area (Å²) in [4.78, 5) is 60.1. The number of hydrogen-bond donors (Lipinski definition) is 2. The van der Waals surface area contributed by atoms with Crippen LogP contribution in [0.3, 0.4) is 0 Å². The number of H-pyrrole nitrogens is 2. The maximum atomic E-state index is 6.16. The summed E-state index contributed by atoms with van der Waals surface area (Å²) < 4.78 is 0. The second-order valence-corrected chi connectivity index (χ2v) is 31.5. The van der Waals surface area contributed by atoms with E-state index in [0.717, 1.165) is 189 Å². The zero-order valence-corrected chi connectivity index (χ0v) is 60.6. The van der Waals surface area contributed by atoms with E-state index in [1.807, 2.05) is 49.6 Å². The topological polar surface area (TPSA) is 160 Å². The van der Waals surface area contributed by atoms with Gasteiger partial charge >= 0.3 is 0 Å². The summed E-state index contributed by atoms with van der Waals surface area (Å²) >= 11 is 0. The molecule has 1 aliphatic carbocycles. The Labute approximate surface area is 605 Å². The zero-order chi connectivity index (χ0) is 71.6. The lowest BCUT2D eigenvalue weighted by Gasteiger charge is -2.17. The monoisotopic (exact) mass is 1350 g/mol. The van der Waals surface area contributed by atoms with Gasteiger partial charge in [0.2, 0.25) is 0 Å². The van der Waals surface area contributed by atoms with E-state index in [4.69, 9.17) is 49.8 Å². The smallest absolute Gasteiger partial charge is 0.159 e. The van der Waals surface area contributed by atoms with Crippen molar-refractivity contribution < 1.29 is 0 Å². The fourth-order valence-electron chi connectivity index (χ4n) is 14.5. The zero-order valence-electron chi connectivity index (χ0n) is 60.6. The van der Waals surface area contributed by atoms with Crippen molar-refractivity contribution in [1.82, 2.24) is 59.8 Å². The molecule has 104 heavy (non-hydrogen) atoms. The van der Waals surface area contributed by atoms with Gasteiger partial charge in [0.25, 0.3) is 0 Å². The van der Waals surface area contributed by atoms with E-state index in [9.17, 15) is 0 Å². The first-order valence-corrected chi connectivity index (χ1v) is 35.7. The van der Waals surface area contributed by atoms with Crippen molar-refractivity contribution >= 4 is 43.6 Å². The molecule has 2 N–H and O–H groups in total. The Morgan fingerprint density at radius 1 is 0.221 bits per heavy atom. The molecule has 0 fully saturated rings. The first-order valence-electron chi connectivity index (χ1n) is 35.7. The number of benzene rings is 8. The predicted octanol–water partition coefficient (Wildman–Crippen LogP) is 23.0. The van der Waals surface area contributed by atoms with Crippen LogP contribution >= 0.6 is 0 Å². The quantitative estimate of drug-likeness (QED) is 0.150. The number of rotatable bonds is 8. The van der Waals surface area contributed by atoms with Gasteiger partial charge < -0.3 is 9.97 Å². The van der Waals surface area contributed by atoms with E-state index in [0.29, 0.717) is 11.6 Å². The van der Waals surface area contributed by atoms with Gasteiger partial charge in [-0.25, -0.2) is 49.8 Å². The molecule has 3 aliphatic rings. The number of nitrogens with zero attached hydrogens (tertiary/aromatic N) is 10. The molecule has 14 aromatic rings. The number of aromatic nitrogens is 12. The molecule has 0 radical (unpaired) electrons. The number of nitrogens with one attached hydrogen (secondary N) is 2. The van der Waals surface area contributed by atoms with Gasteiger partial charge in [0.1, 0.15) is 11.6 Å². The van der Waals surface area contributed by atoms with E-state index in [1.165, 1.54) is 0 Å². The molecule has 6 aromatic heterocycles. The lowest BCUT2D eigenvalue weighted by atomic mass is 9.89. The maximum absolute atomic E-state index is 6.16. The molecule has 8 bridgehead atoms. The maximum Gasteiger partial charge on any atom is 0.159 e. The van der Waals surface area contributed by atoms with Gasteiger partial charge in [-0.05, 0) is 55.3 Å². The predicted molar refractivity (Wildman–Crippen MR) is 426 cm³/mol. The van der Waals surface area contributed by atoms with Crippen molar-refractivity contribution in [2.24, 2.45) is 0 Å². The molecule has 0 spiro atoms. The highest BCUT2D eigenvalue weighted by molar-refractivity contribution is 6.21. The summed E-state index contributed by atoms with van der Waals surface area (Å²) in [5.74, 6) is 2.89. The van der Waals surface area contributed by atoms with Crippen LogP contribution in [0.1, 0.15) is 106 Å². The van der Waals surface area contributed by atoms with Crippen LogP contribution in [0.5, 0.6) is 0 Å². The highest BCUT2D eigenvalue weighted by Gasteiger charge is 2.31. The van der Waals surface area contributed by atoms with Crippen LogP contribution in [-0.4, -0.2) is 59.8 Å². The van der Waals surface area contributed by atoms with Gasteiger partial charge in [-0.1, -0.05) is 277 Å². The van der Waals surface area contributed by atoms with Crippen molar-refractivity contribution in [2.45, 2.75) is 105 Å². The summed E-state index contributed by atoms with van der Waals surface area (Å²) in [7, 11) is 0. The third-order valence-electron chi connectivity index (χ3n) is 20.3. The van der Waals surface area contributed by atoms with Crippen molar-refractivity contribution in [1.29, 1.82) is 0 Å². The minimum absolute atomic E-state index is 0.102. The Morgan fingerprint density at radius 3 is 0.692 bits per heavy atom. The molecule has 506 valence electrons. The molecule has 17 rings (SSSR count). The van der Waals surface area contributed by atoms with Crippen molar-refractivity contribution in [3.05, 3.63) is 266 Å². The van der Waals surface area contributed by atoms with Crippen molar-refractivity contribution in [3.63, 3.8) is 0 Å². The minimum atomic E-state index is -0.200. The summed E-state index contributed by atoms with van der Waals surface area (Å²) in [6.07, 6.45) is 15.5. The van der Waals surface area contributed by atoms with E-state index in [-0.39, 0.29) is 21.7 Å². The Balaban J connectivity index is 1.03. The first kappa shape index (κ1) is 65.1. The third-order valence-corrected chi connectivity index (χ3v) is 20.3. The van der Waals surface area contributed by atoms with E-state index in [1.54, 1.807) is 0 Å². The first-order chi connectivity index (χ1) is 50.1. The Bertz CT molecular complexity index is 5310. The van der Waals surface area contributed by atoms with Crippen LogP contribution in [-0.2, 0) is 21.7 Å². The van der Waals surface area contributed by atoms with Crippen LogP contribution in [0.25, 0.3) is 178 Å². The molecule has 12 heteroatoms. The summed E-state index contributed by atoms with van der Waals surface area (Å²) in [5, 5.41) is 4.08. The van der Waals surface area contributed by atoms with Crippen molar-refractivity contribution in [2.75, 3.05) is 0 Å². The van der Waals surface area contributed by atoms with E-state index < -0.39 is 0 Å². The Kier molecular flexibility index (Phi) is 15.5. The molecule has 0 amide bonds. The summed E-state index contributed by atoms with van der Waals surface area (Å²) in [6, 6.07) is 69.9. The van der Waals surface area contributed by atoms with E-state index in [2.05, 4.69) is 287 Å². The molecule has 0 saturated carbocycles. The number of hydrogen-bond acceptors (Lipinski definition) is 10. The van der Waals surface area contributed by atoms with Gasteiger partial charge in [0, 0.05) is 149 Å². The highest BCUT2D eigenvalue weighted by Crippen LogP contribution is 2.53. The van der Waals surface area contributed by atoms with Gasteiger partial charge in [-0.2, -0.15) is 0 Å². The largest absolute Gasteiger partial charge is 0.353 e. The minimum Gasteiger partial charge on any atom is -0.353 e. The summed E-state index contributed by atoms with van der Waals surface area (Å²) in [6.45, 7) is 25.9. The van der Waals surface area contributed by atoms with Crippen LogP contribution in [0.2, 0.25) is 0 Å². The lowest BCUT2D eigenvalue weighted by molar-refractivity contribution is 0.545. The molecular formula is C92H78N12. The lowest BCUT2D eigenvalue weighted by Crippen LogP contribution is -2.15. The van der Waals surface area contributed by atoms with Gasteiger partial charge in [0.15, 0.2) is 11.6 Å². The molecular weight excluding hydrogens is 1270 g/mol. The normalized spacial score (nSPS) is 12.4. The number of aromatic amines is 2. The average molecular weight is 1350 g/mol. The Hall–Kier alpha value is -12.3. The average Bonchev–Trinajstić information content (AvgIpc) is 1.60. The van der Waals surface area contributed by atoms with Gasteiger partial charge in [0.05, 0.1) is 44.8 Å². The fraction of sp³-hybridized carbons (Fsp3) is 0.174. The fourth-order valence-corrected chi connectivity index (χ4v) is 14.5. The molecule has 8 aromatic carbocycles. The molecule has 12 nitrogen and oxygen atoms in total. The highest BCUT2D eigenvalue weighted by atomic mass is 14.9. The molecule has 0 saturated heterocycles. The van der Waals surface area contributed by atoms with Gasteiger partial charge in [-0.15, -0.1) is 0 Å². The van der Waals surface area contributed by atoms with Crippen LogP contribution < -0.4 is 0 Å². The molecule has 0 atom stereocenters. The van der Waals surface area contributed by atoms with Crippen LogP contribution in [0.15, 0.2) is 244 Å². The summed E-state index contributed by atoms with van der Waals surface area (Å²) in [5.41, 5.74) is 25.6. The third kappa shape index (κ3) is 11.5. The molecule has 0 unspecified atom stereocenters. The molecule has 8 heterocycles. The van der Waals surface area contributed by atoms with Crippen LogP contribution in [0.4, 0.5) is 0 Å².